The zero-order valence-corrected chi connectivity index (χ0v) is 21.1. The van der Waals surface area contributed by atoms with Gasteiger partial charge in [0.15, 0.2) is 11.6 Å². The molecule has 6 nitrogen and oxygen atoms in total. The van der Waals surface area contributed by atoms with E-state index in [1.54, 1.807) is 49.4 Å². The van der Waals surface area contributed by atoms with Crippen LogP contribution in [-0.4, -0.2) is 28.5 Å². The van der Waals surface area contributed by atoms with E-state index in [1.807, 2.05) is 13.0 Å². The van der Waals surface area contributed by atoms with Crippen molar-refractivity contribution in [2.75, 3.05) is 4.90 Å². The maximum absolute atomic E-state index is 13.9. The molecule has 0 unspecified atom stereocenters. The average molecular weight is 514 g/mol. The van der Waals surface area contributed by atoms with Crippen LogP contribution in [0, 0.1) is 24.7 Å². The number of aromatic hydroxyl groups is 1. The molecule has 2 amide bonds. The van der Waals surface area contributed by atoms with E-state index >= 15 is 0 Å². The van der Waals surface area contributed by atoms with Crippen LogP contribution in [0.3, 0.4) is 0 Å². The molecule has 4 atom stereocenters. The molecule has 7 heteroatoms. The lowest BCUT2D eigenvalue weighted by Gasteiger charge is -2.42. The number of phenols is 1. The summed E-state index contributed by atoms with van der Waals surface area (Å²) in [5.41, 5.74) is 4.16. The van der Waals surface area contributed by atoms with Gasteiger partial charge in [-0.2, -0.15) is 0 Å². The van der Waals surface area contributed by atoms with Crippen molar-refractivity contribution >= 4 is 40.7 Å². The topological polar surface area (TPSA) is 91.8 Å². The monoisotopic (exact) mass is 513 g/mol. The fourth-order valence-electron chi connectivity index (χ4n) is 6.38. The first-order chi connectivity index (χ1) is 17.7. The first kappa shape index (κ1) is 23.6. The summed E-state index contributed by atoms with van der Waals surface area (Å²) in [5, 5.41) is 10.3. The van der Waals surface area contributed by atoms with Gasteiger partial charge in [-0.3, -0.25) is 19.2 Å². The Kier molecular flexibility index (Phi) is 5.35. The maximum Gasteiger partial charge on any atom is 0.238 e. The van der Waals surface area contributed by atoms with Crippen LogP contribution in [0.4, 0.5) is 5.69 Å². The molecule has 6 rings (SSSR count). The third-order valence-corrected chi connectivity index (χ3v) is 8.61. The van der Waals surface area contributed by atoms with Crippen LogP contribution >= 0.6 is 11.6 Å². The van der Waals surface area contributed by atoms with Crippen molar-refractivity contribution in [1.82, 2.24) is 0 Å². The zero-order valence-electron chi connectivity index (χ0n) is 20.3. The van der Waals surface area contributed by atoms with Gasteiger partial charge in [0, 0.05) is 27.7 Å². The molecule has 37 heavy (non-hydrogen) atoms. The lowest BCUT2D eigenvalue weighted by Crippen LogP contribution is -2.39. The minimum atomic E-state index is -0.642. The highest BCUT2D eigenvalue weighted by atomic mass is 35.5. The minimum Gasteiger partial charge on any atom is -0.508 e. The van der Waals surface area contributed by atoms with E-state index in [2.05, 4.69) is 0 Å². The van der Waals surface area contributed by atoms with Gasteiger partial charge in [0.1, 0.15) is 5.75 Å². The SMILES string of the molecule is CC1=CC(=O)C2=C(C1=O)[C@@H](c1ccc(O)cc1)C1=CC[C@@H]3C(=O)N(c4ccc(C)c(Cl)c4)C(=O)[C@@H]3[C@@H]1C2. The van der Waals surface area contributed by atoms with Crippen LogP contribution in [0.1, 0.15) is 36.8 Å². The van der Waals surface area contributed by atoms with E-state index in [0.29, 0.717) is 33.9 Å². The molecule has 1 saturated heterocycles. The summed E-state index contributed by atoms with van der Waals surface area (Å²) in [6, 6.07) is 11.7. The number of carbonyl (C=O) groups is 4. The van der Waals surface area contributed by atoms with E-state index in [1.165, 1.54) is 11.0 Å². The largest absolute Gasteiger partial charge is 0.508 e. The number of halogens is 1. The van der Waals surface area contributed by atoms with Crippen molar-refractivity contribution in [3.8, 4) is 5.75 Å². The van der Waals surface area contributed by atoms with Gasteiger partial charge in [-0.1, -0.05) is 41.4 Å². The summed E-state index contributed by atoms with van der Waals surface area (Å²) in [5.74, 6) is -3.01. The minimum absolute atomic E-state index is 0.0918. The van der Waals surface area contributed by atoms with Crippen molar-refractivity contribution < 1.29 is 24.3 Å². The maximum atomic E-state index is 13.9. The number of rotatable bonds is 2. The Hall–Kier alpha value is -3.77. The second kappa shape index (κ2) is 8.38. The first-order valence-electron chi connectivity index (χ1n) is 12.3. The molecule has 4 aliphatic rings. The number of hydrogen-bond donors (Lipinski definition) is 1. The normalized spacial score (nSPS) is 27.1. The van der Waals surface area contributed by atoms with Crippen LogP contribution in [0.2, 0.25) is 5.02 Å². The fourth-order valence-corrected chi connectivity index (χ4v) is 6.56. The van der Waals surface area contributed by atoms with Crippen molar-refractivity contribution in [1.29, 1.82) is 0 Å². The van der Waals surface area contributed by atoms with E-state index in [9.17, 15) is 24.3 Å². The molecule has 1 heterocycles. The lowest BCUT2D eigenvalue weighted by molar-refractivity contribution is -0.123. The Bertz CT molecular complexity index is 1510. The molecule has 0 aromatic heterocycles. The molecule has 0 saturated carbocycles. The number of amides is 2. The van der Waals surface area contributed by atoms with Crippen LogP contribution in [0.15, 0.2) is 76.9 Å². The van der Waals surface area contributed by atoms with Crippen LogP contribution in [0.25, 0.3) is 0 Å². The molecule has 1 aliphatic heterocycles. The van der Waals surface area contributed by atoms with Gasteiger partial charge < -0.3 is 5.11 Å². The predicted octanol–water partition coefficient (Wildman–Crippen LogP) is 4.99. The standard InChI is InChI=1S/C30H24ClNO5/c1-14-3-6-17(12-23(14)31)32-29(36)20-10-9-19-21(26(20)30(32)37)13-22-24(34)11-15(2)28(35)27(22)25(19)16-4-7-18(33)8-5-16/h3-9,11-12,20-21,25-26,33H,10,13H2,1-2H3/t20-,21+,25-,26-/m0/s1. The Balaban J connectivity index is 1.47. The highest BCUT2D eigenvalue weighted by molar-refractivity contribution is 6.32. The summed E-state index contributed by atoms with van der Waals surface area (Å²) in [7, 11) is 0. The lowest BCUT2D eigenvalue weighted by atomic mass is 9.59. The molecule has 2 aromatic rings. The van der Waals surface area contributed by atoms with Gasteiger partial charge in [-0.15, -0.1) is 0 Å². The van der Waals surface area contributed by atoms with Gasteiger partial charge >= 0.3 is 0 Å². The summed E-state index contributed by atoms with van der Waals surface area (Å²) in [6.07, 6.45) is 3.94. The Morgan fingerprint density at radius 2 is 1.68 bits per heavy atom. The Morgan fingerprint density at radius 3 is 2.38 bits per heavy atom. The Labute approximate surface area is 218 Å². The Morgan fingerprint density at radius 1 is 0.946 bits per heavy atom. The molecular formula is C30H24ClNO5. The summed E-state index contributed by atoms with van der Waals surface area (Å²) in [6.45, 7) is 3.49. The zero-order chi connectivity index (χ0) is 26.2. The van der Waals surface area contributed by atoms with Crippen LogP contribution < -0.4 is 4.90 Å². The number of phenolic OH excluding ortho intramolecular Hbond substituents is 1. The van der Waals surface area contributed by atoms with Crippen molar-refractivity contribution in [3.05, 3.63) is 93.1 Å². The van der Waals surface area contributed by atoms with Crippen molar-refractivity contribution in [2.45, 2.75) is 32.6 Å². The number of hydrogen-bond acceptors (Lipinski definition) is 5. The van der Waals surface area contributed by atoms with Gasteiger partial charge in [0.2, 0.25) is 11.8 Å². The first-order valence-corrected chi connectivity index (χ1v) is 12.7. The molecule has 3 aliphatic carbocycles. The number of anilines is 1. The van der Waals surface area contributed by atoms with Gasteiger partial charge in [-0.25, -0.2) is 4.90 Å². The molecule has 2 aromatic carbocycles. The van der Waals surface area contributed by atoms with E-state index in [4.69, 9.17) is 11.6 Å². The number of carbonyl (C=O) groups excluding carboxylic acids is 4. The molecule has 1 fully saturated rings. The molecular weight excluding hydrogens is 490 g/mol. The van der Waals surface area contributed by atoms with E-state index < -0.39 is 23.7 Å². The second-order valence-corrected chi connectivity index (χ2v) is 10.7. The molecule has 0 bridgehead atoms. The summed E-state index contributed by atoms with van der Waals surface area (Å²) < 4.78 is 0. The summed E-state index contributed by atoms with van der Waals surface area (Å²) in [4.78, 5) is 55.1. The summed E-state index contributed by atoms with van der Waals surface area (Å²) >= 11 is 6.31. The number of ketones is 2. The molecule has 0 radical (unpaired) electrons. The number of benzene rings is 2. The number of Topliss-reactive ketones (excluding diaryl/α,β-unsaturated/α-hetero) is 1. The molecule has 186 valence electrons. The van der Waals surface area contributed by atoms with Gasteiger partial charge in [0.05, 0.1) is 17.5 Å². The fraction of sp³-hybridized carbons (Fsp3) is 0.267. The molecule has 1 N–H and O–H groups in total. The third kappa shape index (κ3) is 3.46. The van der Waals surface area contributed by atoms with Gasteiger partial charge in [0.25, 0.3) is 0 Å². The highest BCUT2D eigenvalue weighted by Crippen LogP contribution is 2.55. The number of aryl methyl sites for hydroxylation is 1. The highest BCUT2D eigenvalue weighted by Gasteiger charge is 2.56. The average Bonchev–Trinajstić information content (AvgIpc) is 3.13. The predicted molar refractivity (Wildman–Crippen MR) is 138 cm³/mol. The smallest absolute Gasteiger partial charge is 0.238 e. The third-order valence-electron chi connectivity index (χ3n) is 8.20. The van der Waals surface area contributed by atoms with Gasteiger partial charge in [-0.05, 0) is 74.1 Å². The number of allylic oxidation sites excluding steroid dienone is 6. The second-order valence-electron chi connectivity index (χ2n) is 10.3. The molecule has 0 spiro atoms. The number of imide groups is 1. The van der Waals surface area contributed by atoms with Crippen LogP contribution in [-0.2, 0) is 19.2 Å². The van der Waals surface area contributed by atoms with E-state index in [0.717, 1.165) is 16.7 Å². The number of nitrogens with zero attached hydrogens (tertiary/aromatic N) is 1. The van der Waals surface area contributed by atoms with Crippen molar-refractivity contribution in [3.63, 3.8) is 0 Å². The number of fused-ring (bicyclic) bond motifs is 3. The quantitative estimate of drug-likeness (QED) is 0.347. The van der Waals surface area contributed by atoms with Crippen molar-refractivity contribution in [2.24, 2.45) is 17.8 Å². The van der Waals surface area contributed by atoms with Crippen LogP contribution in [0.5, 0.6) is 5.75 Å². The van der Waals surface area contributed by atoms with E-state index in [-0.39, 0.29) is 35.6 Å².